The van der Waals surface area contributed by atoms with E-state index < -0.39 is 12.1 Å². The molecule has 0 radical (unpaired) electrons. The molecule has 96 valence electrons. The number of benzene rings is 1. The van der Waals surface area contributed by atoms with Gasteiger partial charge in [0.25, 0.3) is 0 Å². The van der Waals surface area contributed by atoms with Gasteiger partial charge in [-0.05, 0) is 31.0 Å². The van der Waals surface area contributed by atoms with Crippen LogP contribution in [0, 0.1) is 11.3 Å². The van der Waals surface area contributed by atoms with E-state index in [0.717, 1.165) is 17.3 Å². The topological polar surface area (TPSA) is 70.3 Å². The molecule has 0 saturated heterocycles. The Kier molecular flexibility index (Phi) is 5.66. The number of unbranched alkanes of at least 4 members (excludes halogenated alkanes) is 1. The molecule has 1 unspecified atom stereocenters. The lowest BCUT2D eigenvalue weighted by atomic mass is 10.1. The smallest absolute Gasteiger partial charge is 0.344 e. The van der Waals surface area contributed by atoms with Crippen molar-refractivity contribution >= 4 is 21.9 Å². The number of carboxylic acid groups (broad SMARTS) is 1. The van der Waals surface area contributed by atoms with Crippen LogP contribution in [0.1, 0.15) is 31.7 Å². The average molecular weight is 312 g/mol. The summed E-state index contributed by atoms with van der Waals surface area (Å²) in [7, 11) is 0. The Morgan fingerprint density at radius 1 is 1.61 bits per heavy atom. The fourth-order valence-electron chi connectivity index (χ4n) is 1.47. The number of rotatable bonds is 6. The van der Waals surface area contributed by atoms with E-state index in [1.54, 1.807) is 18.2 Å². The van der Waals surface area contributed by atoms with Crippen molar-refractivity contribution in [2.45, 2.75) is 32.3 Å². The predicted octanol–water partition coefficient (Wildman–Crippen LogP) is 3.34. The van der Waals surface area contributed by atoms with Crippen molar-refractivity contribution in [1.82, 2.24) is 0 Å². The van der Waals surface area contributed by atoms with Crippen LogP contribution < -0.4 is 4.74 Å². The first-order valence-corrected chi connectivity index (χ1v) is 6.47. The Bertz CT molecular complexity index is 468. The fourth-order valence-corrected chi connectivity index (χ4v) is 1.83. The average Bonchev–Trinajstić information content (AvgIpc) is 2.35. The van der Waals surface area contributed by atoms with Crippen molar-refractivity contribution in [3.8, 4) is 11.8 Å². The minimum Gasteiger partial charge on any atom is -0.479 e. The maximum absolute atomic E-state index is 11.1. The van der Waals surface area contributed by atoms with E-state index in [4.69, 9.17) is 15.1 Å². The van der Waals surface area contributed by atoms with Gasteiger partial charge in [-0.2, -0.15) is 5.26 Å². The van der Waals surface area contributed by atoms with E-state index >= 15 is 0 Å². The molecule has 0 aliphatic heterocycles. The van der Waals surface area contributed by atoms with Gasteiger partial charge in [0.15, 0.2) is 6.10 Å². The predicted molar refractivity (Wildman–Crippen MR) is 70.4 cm³/mol. The fraction of sp³-hybridized carbons (Fsp3) is 0.385. The maximum Gasteiger partial charge on any atom is 0.344 e. The van der Waals surface area contributed by atoms with Gasteiger partial charge in [-0.1, -0.05) is 29.3 Å². The summed E-state index contributed by atoms with van der Waals surface area (Å²) in [5.74, 6) is -0.695. The summed E-state index contributed by atoms with van der Waals surface area (Å²) in [5.41, 5.74) is 0.326. The number of hydrogen-bond acceptors (Lipinski definition) is 3. The van der Waals surface area contributed by atoms with Crippen LogP contribution in [0.5, 0.6) is 5.75 Å². The van der Waals surface area contributed by atoms with Gasteiger partial charge in [0.2, 0.25) is 0 Å². The van der Waals surface area contributed by atoms with Gasteiger partial charge >= 0.3 is 5.97 Å². The SMILES string of the molecule is CCCCC(Oc1ccc(Br)cc1C#N)C(=O)O. The lowest BCUT2D eigenvalue weighted by Crippen LogP contribution is -2.27. The zero-order chi connectivity index (χ0) is 13.5. The van der Waals surface area contributed by atoms with Crippen LogP contribution >= 0.6 is 15.9 Å². The molecule has 0 aromatic heterocycles. The van der Waals surface area contributed by atoms with E-state index in [0.29, 0.717) is 17.7 Å². The molecule has 5 heteroatoms. The van der Waals surface area contributed by atoms with E-state index in [1.807, 2.05) is 13.0 Å². The molecule has 0 spiro atoms. The number of halogens is 1. The Balaban J connectivity index is 2.87. The molecule has 1 aromatic rings. The Labute approximate surface area is 114 Å². The summed E-state index contributed by atoms with van der Waals surface area (Å²) in [4.78, 5) is 11.1. The van der Waals surface area contributed by atoms with Crippen molar-refractivity contribution in [2.24, 2.45) is 0 Å². The largest absolute Gasteiger partial charge is 0.479 e. The Morgan fingerprint density at radius 2 is 2.33 bits per heavy atom. The van der Waals surface area contributed by atoms with Gasteiger partial charge < -0.3 is 9.84 Å². The molecule has 0 heterocycles. The van der Waals surface area contributed by atoms with Gasteiger partial charge in [-0.25, -0.2) is 4.79 Å². The molecule has 18 heavy (non-hydrogen) atoms. The molecular weight excluding hydrogens is 298 g/mol. The Morgan fingerprint density at radius 3 is 2.89 bits per heavy atom. The molecule has 4 nitrogen and oxygen atoms in total. The summed E-state index contributed by atoms with van der Waals surface area (Å²) < 4.78 is 6.17. The third-order valence-electron chi connectivity index (χ3n) is 2.43. The summed E-state index contributed by atoms with van der Waals surface area (Å²) in [6.45, 7) is 1.99. The minimum absolute atomic E-state index is 0.309. The second kappa shape index (κ2) is 7.02. The number of hydrogen-bond donors (Lipinski definition) is 1. The molecule has 0 amide bonds. The van der Waals surface area contributed by atoms with Gasteiger partial charge in [0.05, 0.1) is 5.56 Å². The molecule has 0 fully saturated rings. The summed E-state index contributed by atoms with van der Waals surface area (Å²) in [6.07, 6.45) is 1.21. The third-order valence-corrected chi connectivity index (χ3v) is 2.92. The van der Waals surface area contributed by atoms with E-state index in [-0.39, 0.29) is 0 Å². The normalized spacial score (nSPS) is 11.6. The number of ether oxygens (including phenoxy) is 1. The lowest BCUT2D eigenvalue weighted by Gasteiger charge is -2.15. The first-order valence-electron chi connectivity index (χ1n) is 5.67. The zero-order valence-corrected chi connectivity index (χ0v) is 11.6. The van der Waals surface area contributed by atoms with Crippen molar-refractivity contribution in [2.75, 3.05) is 0 Å². The van der Waals surface area contributed by atoms with Gasteiger partial charge in [0.1, 0.15) is 11.8 Å². The third kappa shape index (κ3) is 4.04. The van der Waals surface area contributed by atoms with E-state index in [2.05, 4.69) is 15.9 Å². The first-order chi connectivity index (χ1) is 8.58. The highest BCUT2D eigenvalue weighted by molar-refractivity contribution is 9.10. The van der Waals surface area contributed by atoms with Crippen LogP contribution in [0.2, 0.25) is 0 Å². The quantitative estimate of drug-likeness (QED) is 0.874. The molecule has 0 saturated carbocycles. The number of nitrogens with zero attached hydrogens (tertiary/aromatic N) is 1. The highest BCUT2D eigenvalue weighted by Gasteiger charge is 2.20. The van der Waals surface area contributed by atoms with Crippen LogP contribution in [0.25, 0.3) is 0 Å². The summed E-state index contributed by atoms with van der Waals surface area (Å²) >= 11 is 3.25. The van der Waals surface area contributed by atoms with E-state index in [1.165, 1.54) is 0 Å². The second-order valence-corrected chi connectivity index (χ2v) is 4.75. The highest BCUT2D eigenvalue weighted by atomic mass is 79.9. The molecular formula is C13H14BrNO3. The molecule has 1 N–H and O–H groups in total. The molecule has 1 rings (SSSR count). The molecule has 1 aromatic carbocycles. The van der Waals surface area contributed by atoms with Crippen molar-refractivity contribution in [3.05, 3.63) is 28.2 Å². The van der Waals surface area contributed by atoms with Crippen molar-refractivity contribution in [1.29, 1.82) is 5.26 Å². The zero-order valence-electron chi connectivity index (χ0n) is 10.0. The van der Waals surface area contributed by atoms with Crippen LogP contribution in [0.15, 0.2) is 22.7 Å². The summed E-state index contributed by atoms with van der Waals surface area (Å²) in [5, 5.41) is 18.0. The highest BCUT2D eigenvalue weighted by Crippen LogP contribution is 2.24. The molecule has 1 atom stereocenters. The van der Waals surface area contributed by atoms with Gasteiger partial charge in [0, 0.05) is 4.47 Å². The molecule has 0 aliphatic carbocycles. The van der Waals surface area contributed by atoms with Gasteiger partial charge in [-0.15, -0.1) is 0 Å². The number of nitriles is 1. The number of aliphatic carboxylic acids is 1. The lowest BCUT2D eigenvalue weighted by molar-refractivity contribution is -0.145. The molecule has 0 aliphatic rings. The van der Waals surface area contributed by atoms with Gasteiger partial charge in [-0.3, -0.25) is 0 Å². The standard InChI is InChI=1S/C13H14BrNO3/c1-2-3-4-12(13(16)17)18-11-6-5-10(14)7-9(11)8-15/h5-7,12H,2-4H2,1H3,(H,16,17). The summed E-state index contributed by atoms with van der Waals surface area (Å²) in [6, 6.07) is 6.91. The van der Waals surface area contributed by atoms with Crippen LogP contribution in [0.3, 0.4) is 0 Å². The number of carbonyl (C=O) groups is 1. The van der Waals surface area contributed by atoms with Crippen molar-refractivity contribution in [3.63, 3.8) is 0 Å². The van der Waals surface area contributed by atoms with Crippen LogP contribution in [-0.2, 0) is 4.79 Å². The first kappa shape index (κ1) is 14.5. The van der Waals surface area contributed by atoms with Crippen molar-refractivity contribution < 1.29 is 14.6 Å². The molecule has 0 bridgehead atoms. The number of carboxylic acids is 1. The van der Waals surface area contributed by atoms with Crippen LogP contribution in [0.4, 0.5) is 0 Å². The maximum atomic E-state index is 11.1. The monoisotopic (exact) mass is 311 g/mol. The Hall–Kier alpha value is -1.54. The minimum atomic E-state index is -1.00. The van der Waals surface area contributed by atoms with Crippen LogP contribution in [-0.4, -0.2) is 17.2 Å². The second-order valence-electron chi connectivity index (χ2n) is 3.84. The van der Waals surface area contributed by atoms with E-state index in [9.17, 15) is 4.79 Å².